The summed E-state index contributed by atoms with van der Waals surface area (Å²) in [4.78, 5) is 14.2. The average Bonchev–Trinajstić information content (AvgIpc) is 3.03. The van der Waals surface area contributed by atoms with E-state index in [-0.39, 0.29) is 11.9 Å². The molecule has 0 aliphatic carbocycles. The maximum Gasteiger partial charge on any atom is 0.292 e. The molecular formula is C14H23N3O2. The summed E-state index contributed by atoms with van der Waals surface area (Å²) in [7, 11) is 0. The Balaban J connectivity index is 2.09. The van der Waals surface area contributed by atoms with Crippen molar-refractivity contribution in [3.8, 4) is 0 Å². The summed E-state index contributed by atoms with van der Waals surface area (Å²) < 4.78 is 5.21. The minimum Gasteiger partial charge on any atom is -0.351 e. The van der Waals surface area contributed by atoms with Gasteiger partial charge in [0.1, 0.15) is 0 Å². The number of aromatic nitrogens is 1. The van der Waals surface area contributed by atoms with Gasteiger partial charge in [0, 0.05) is 24.6 Å². The monoisotopic (exact) mass is 265 g/mol. The Bertz CT molecular complexity index is 444. The Morgan fingerprint density at radius 1 is 1.68 bits per heavy atom. The summed E-state index contributed by atoms with van der Waals surface area (Å²) in [6.45, 7) is 7.57. The van der Waals surface area contributed by atoms with Gasteiger partial charge in [-0.15, -0.1) is 0 Å². The average molecular weight is 265 g/mol. The third kappa shape index (κ3) is 2.81. The molecule has 0 aromatic carbocycles. The fourth-order valence-electron chi connectivity index (χ4n) is 2.57. The van der Waals surface area contributed by atoms with Crippen molar-refractivity contribution >= 4 is 5.91 Å². The molecule has 0 saturated carbocycles. The van der Waals surface area contributed by atoms with Crippen molar-refractivity contribution in [1.29, 1.82) is 0 Å². The molecule has 1 aromatic rings. The van der Waals surface area contributed by atoms with E-state index < -0.39 is 0 Å². The number of hydrogen-bond acceptors (Lipinski definition) is 4. The molecule has 2 N–H and O–H groups in total. The molecule has 3 atom stereocenters. The van der Waals surface area contributed by atoms with E-state index in [1.807, 2.05) is 4.90 Å². The van der Waals surface area contributed by atoms with Crippen molar-refractivity contribution in [2.24, 2.45) is 11.7 Å². The molecule has 0 spiro atoms. The van der Waals surface area contributed by atoms with Gasteiger partial charge in [0.2, 0.25) is 5.76 Å². The topological polar surface area (TPSA) is 72.4 Å². The molecule has 3 unspecified atom stereocenters. The quantitative estimate of drug-likeness (QED) is 0.903. The van der Waals surface area contributed by atoms with Crippen LogP contribution in [0.3, 0.4) is 0 Å². The summed E-state index contributed by atoms with van der Waals surface area (Å²) >= 11 is 0. The van der Waals surface area contributed by atoms with Crippen LogP contribution < -0.4 is 5.73 Å². The van der Waals surface area contributed by atoms with Gasteiger partial charge in [-0.3, -0.25) is 4.79 Å². The summed E-state index contributed by atoms with van der Waals surface area (Å²) in [5.41, 5.74) is 6.54. The first kappa shape index (κ1) is 14.1. The van der Waals surface area contributed by atoms with Crippen LogP contribution in [0.5, 0.6) is 0 Å². The van der Waals surface area contributed by atoms with Gasteiger partial charge >= 0.3 is 0 Å². The Hall–Kier alpha value is -1.36. The minimum absolute atomic E-state index is 0.0643. The molecular weight excluding hydrogens is 242 g/mol. The van der Waals surface area contributed by atoms with Crippen LogP contribution in [0.1, 0.15) is 55.8 Å². The molecule has 0 radical (unpaired) electrons. The Kier molecular flexibility index (Phi) is 4.24. The molecule has 106 valence electrons. The normalized spacial score (nSPS) is 24.7. The number of carbonyl (C=O) groups is 1. The summed E-state index contributed by atoms with van der Waals surface area (Å²) in [6.07, 6.45) is 1.95. The Morgan fingerprint density at radius 2 is 2.42 bits per heavy atom. The third-order valence-corrected chi connectivity index (χ3v) is 4.11. The van der Waals surface area contributed by atoms with Gasteiger partial charge < -0.3 is 15.2 Å². The van der Waals surface area contributed by atoms with Crippen LogP contribution in [0, 0.1) is 5.92 Å². The van der Waals surface area contributed by atoms with Crippen LogP contribution in [0.2, 0.25) is 0 Å². The smallest absolute Gasteiger partial charge is 0.292 e. The van der Waals surface area contributed by atoms with Crippen LogP contribution in [0.15, 0.2) is 10.6 Å². The highest BCUT2D eigenvalue weighted by atomic mass is 16.5. The highest BCUT2D eigenvalue weighted by Crippen LogP contribution is 2.25. The summed E-state index contributed by atoms with van der Waals surface area (Å²) in [5.74, 6) is 0.999. The van der Waals surface area contributed by atoms with Crippen LogP contribution in [0.4, 0.5) is 0 Å². The van der Waals surface area contributed by atoms with Crippen LogP contribution in [-0.4, -0.2) is 35.1 Å². The van der Waals surface area contributed by atoms with E-state index in [2.05, 4.69) is 25.9 Å². The second-order valence-electron chi connectivity index (χ2n) is 5.57. The number of carbonyl (C=O) groups excluding carboxylic acids is 1. The predicted molar refractivity (Wildman–Crippen MR) is 72.9 cm³/mol. The molecule has 5 heteroatoms. The number of nitrogens with zero attached hydrogens (tertiary/aromatic N) is 2. The largest absolute Gasteiger partial charge is 0.351 e. The molecule has 2 rings (SSSR count). The number of nitrogens with two attached hydrogens (primary N) is 1. The zero-order valence-corrected chi connectivity index (χ0v) is 11.9. The molecule has 1 aliphatic rings. The van der Waals surface area contributed by atoms with Crippen molar-refractivity contribution in [1.82, 2.24) is 10.1 Å². The first-order valence-corrected chi connectivity index (χ1v) is 7.04. The maximum absolute atomic E-state index is 12.4. The molecule has 1 aromatic heterocycles. The highest BCUT2D eigenvalue weighted by molar-refractivity contribution is 5.91. The van der Waals surface area contributed by atoms with Gasteiger partial charge in [-0.05, 0) is 32.2 Å². The fourth-order valence-corrected chi connectivity index (χ4v) is 2.57. The van der Waals surface area contributed by atoms with Crippen LogP contribution in [0.25, 0.3) is 0 Å². The number of likely N-dealkylation sites (tertiary alicyclic amines) is 1. The van der Waals surface area contributed by atoms with Crippen molar-refractivity contribution in [2.75, 3.05) is 13.1 Å². The number of hydrogen-bond donors (Lipinski definition) is 1. The second-order valence-corrected chi connectivity index (χ2v) is 5.57. The van der Waals surface area contributed by atoms with Gasteiger partial charge in [0.15, 0.2) is 0 Å². The first-order valence-electron chi connectivity index (χ1n) is 7.04. The van der Waals surface area contributed by atoms with E-state index in [0.29, 0.717) is 24.1 Å². The third-order valence-electron chi connectivity index (χ3n) is 4.11. The lowest BCUT2D eigenvalue weighted by atomic mass is 10.1. The van der Waals surface area contributed by atoms with Gasteiger partial charge in [-0.25, -0.2) is 0 Å². The zero-order chi connectivity index (χ0) is 14.0. The molecule has 1 saturated heterocycles. The lowest BCUT2D eigenvalue weighted by Crippen LogP contribution is -2.34. The first-order chi connectivity index (χ1) is 9.06. The van der Waals surface area contributed by atoms with Crippen molar-refractivity contribution in [2.45, 2.75) is 45.6 Å². The Morgan fingerprint density at radius 3 is 3.00 bits per heavy atom. The van der Waals surface area contributed by atoms with E-state index in [0.717, 1.165) is 25.1 Å². The molecule has 0 bridgehead atoms. The molecule has 5 nitrogen and oxygen atoms in total. The van der Waals surface area contributed by atoms with E-state index >= 15 is 0 Å². The molecule has 2 heterocycles. The van der Waals surface area contributed by atoms with Crippen molar-refractivity contribution in [3.63, 3.8) is 0 Å². The fraction of sp³-hybridized carbons (Fsp3) is 0.714. The number of amides is 1. The van der Waals surface area contributed by atoms with E-state index in [1.165, 1.54) is 0 Å². The van der Waals surface area contributed by atoms with Gasteiger partial charge in [-0.1, -0.05) is 19.0 Å². The standard InChI is InChI=1S/C14H23N3O2/c1-4-9(2)12-6-13(19-16-12)14(18)17-8-11(7-15)5-10(17)3/h6,9-11H,4-5,7-8,15H2,1-3H3. The highest BCUT2D eigenvalue weighted by Gasteiger charge is 2.33. The van der Waals surface area contributed by atoms with E-state index in [1.54, 1.807) is 6.07 Å². The van der Waals surface area contributed by atoms with Crippen molar-refractivity contribution in [3.05, 3.63) is 17.5 Å². The van der Waals surface area contributed by atoms with Crippen molar-refractivity contribution < 1.29 is 9.32 Å². The number of rotatable bonds is 4. The zero-order valence-electron chi connectivity index (χ0n) is 11.9. The minimum atomic E-state index is -0.0643. The lowest BCUT2D eigenvalue weighted by Gasteiger charge is -2.19. The Labute approximate surface area is 114 Å². The predicted octanol–water partition coefficient (Wildman–Crippen LogP) is 2.00. The second kappa shape index (κ2) is 5.74. The van der Waals surface area contributed by atoms with Gasteiger partial charge in [0.05, 0.1) is 5.69 Å². The van der Waals surface area contributed by atoms with E-state index in [9.17, 15) is 4.79 Å². The maximum atomic E-state index is 12.4. The lowest BCUT2D eigenvalue weighted by molar-refractivity contribution is 0.0701. The SMILES string of the molecule is CCC(C)c1cc(C(=O)N2CC(CN)CC2C)on1. The summed E-state index contributed by atoms with van der Waals surface area (Å²) in [6, 6.07) is 2.00. The van der Waals surface area contributed by atoms with Gasteiger partial charge in [-0.2, -0.15) is 0 Å². The van der Waals surface area contributed by atoms with E-state index in [4.69, 9.17) is 10.3 Å². The molecule has 1 amide bonds. The molecule has 19 heavy (non-hydrogen) atoms. The van der Waals surface area contributed by atoms with Gasteiger partial charge in [0.25, 0.3) is 5.91 Å². The van der Waals surface area contributed by atoms with Crippen LogP contribution >= 0.6 is 0 Å². The van der Waals surface area contributed by atoms with Crippen LogP contribution in [-0.2, 0) is 0 Å². The molecule has 1 aliphatic heterocycles. The summed E-state index contributed by atoms with van der Waals surface area (Å²) in [5, 5.41) is 4.00. The molecule has 1 fully saturated rings.